The summed E-state index contributed by atoms with van der Waals surface area (Å²) in [4.78, 5) is 12.5. The third kappa shape index (κ3) is 2.61. The van der Waals surface area contributed by atoms with E-state index in [0.29, 0.717) is 17.0 Å². The number of ether oxygens (including phenoxy) is 1. The maximum Gasteiger partial charge on any atom is 0.191 e. The summed E-state index contributed by atoms with van der Waals surface area (Å²) in [6.07, 6.45) is 1.45. The number of ketones is 1. The zero-order valence-electron chi connectivity index (χ0n) is 12.1. The van der Waals surface area contributed by atoms with Crippen LogP contribution < -0.4 is 10.5 Å². The van der Waals surface area contributed by atoms with Crippen LogP contribution in [0, 0.1) is 0 Å². The van der Waals surface area contributed by atoms with Crippen molar-refractivity contribution in [3.05, 3.63) is 71.1 Å². The van der Waals surface area contributed by atoms with Gasteiger partial charge in [0.25, 0.3) is 0 Å². The maximum absolute atomic E-state index is 12.5. The number of hydrogen-bond acceptors (Lipinski definition) is 4. The molecule has 110 valence electrons. The van der Waals surface area contributed by atoms with Gasteiger partial charge in [-0.1, -0.05) is 30.3 Å². The first kappa shape index (κ1) is 14.4. The summed E-state index contributed by atoms with van der Waals surface area (Å²) in [7, 11) is 1.58. The first-order chi connectivity index (χ1) is 10.7. The van der Waals surface area contributed by atoms with Crippen LogP contribution in [0.3, 0.4) is 0 Å². The molecule has 0 aliphatic carbocycles. The Labute approximate surface area is 132 Å². The van der Waals surface area contributed by atoms with Crippen LogP contribution in [-0.2, 0) is 0 Å². The van der Waals surface area contributed by atoms with E-state index in [-0.39, 0.29) is 5.78 Å². The molecule has 3 nitrogen and oxygen atoms in total. The van der Waals surface area contributed by atoms with Gasteiger partial charge in [-0.3, -0.25) is 4.79 Å². The molecule has 22 heavy (non-hydrogen) atoms. The Morgan fingerprint density at radius 2 is 1.91 bits per heavy atom. The molecule has 0 saturated carbocycles. The Morgan fingerprint density at radius 3 is 2.64 bits per heavy atom. The topological polar surface area (TPSA) is 52.3 Å². The second kappa shape index (κ2) is 6.03. The molecule has 0 bridgehead atoms. The molecule has 0 spiro atoms. The minimum absolute atomic E-state index is 0.161. The van der Waals surface area contributed by atoms with E-state index in [1.807, 2.05) is 47.8 Å². The van der Waals surface area contributed by atoms with Crippen molar-refractivity contribution < 1.29 is 9.53 Å². The molecule has 0 radical (unpaired) electrons. The second-order valence-corrected chi connectivity index (χ2v) is 5.76. The number of carbonyl (C=O) groups excluding carboxylic acids is 1. The monoisotopic (exact) mass is 309 g/mol. The Kier molecular flexibility index (Phi) is 3.94. The Morgan fingerprint density at radius 1 is 1.14 bits per heavy atom. The molecule has 0 aliphatic rings. The van der Waals surface area contributed by atoms with Crippen LogP contribution in [0.25, 0.3) is 15.8 Å². The largest absolute Gasteiger partial charge is 0.495 e. The van der Waals surface area contributed by atoms with Crippen LogP contribution in [0.2, 0.25) is 0 Å². The average molecular weight is 309 g/mol. The van der Waals surface area contributed by atoms with Gasteiger partial charge in [-0.2, -0.15) is 0 Å². The SMILES string of the molecule is COc1c(C(=O)/C=C(\N)c2ccccc2)ccc2sccc12. The molecule has 4 heteroatoms. The van der Waals surface area contributed by atoms with Crippen LogP contribution >= 0.6 is 11.3 Å². The third-order valence-electron chi connectivity index (χ3n) is 3.45. The smallest absolute Gasteiger partial charge is 0.191 e. The number of allylic oxidation sites excluding steroid dienone is 1. The molecule has 2 aromatic carbocycles. The van der Waals surface area contributed by atoms with Crippen LogP contribution in [-0.4, -0.2) is 12.9 Å². The van der Waals surface area contributed by atoms with Crippen molar-refractivity contribution in [3.8, 4) is 5.75 Å². The van der Waals surface area contributed by atoms with Gasteiger partial charge in [-0.05, 0) is 29.1 Å². The average Bonchev–Trinajstić information content (AvgIpc) is 3.03. The third-order valence-corrected chi connectivity index (χ3v) is 4.33. The minimum Gasteiger partial charge on any atom is -0.495 e. The molecule has 3 aromatic rings. The van der Waals surface area contributed by atoms with Gasteiger partial charge in [-0.25, -0.2) is 0 Å². The fourth-order valence-electron chi connectivity index (χ4n) is 2.36. The highest BCUT2D eigenvalue weighted by molar-refractivity contribution is 7.17. The normalized spacial score (nSPS) is 11.6. The Balaban J connectivity index is 2.02. The first-order valence-electron chi connectivity index (χ1n) is 6.82. The molecule has 3 rings (SSSR count). The summed E-state index contributed by atoms with van der Waals surface area (Å²) in [5.41, 5.74) is 7.81. The summed E-state index contributed by atoms with van der Waals surface area (Å²) in [6.45, 7) is 0. The molecule has 0 saturated heterocycles. The maximum atomic E-state index is 12.5. The summed E-state index contributed by atoms with van der Waals surface area (Å²) < 4.78 is 6.53. The predicted molar refractivity (Wildman–Crippen MR) is 91.3 cm³/mol. The van der Waals surface area contributed by atoms with E-state index in [1.165, 1.54) is 6.08 Å². The van der Waals surface area contributed by atoms with Crippen molar-refractivity contribution >= 4 is 32.9 Å². The van der Waals surface area contributed by atoms with Crippen LogP contribution in [0.5, 0.6) is 5.75 Å². The van der Waals surface area contributed by atoms with Crippen LogP contribution in [0.15, 0.2) is 60.0 Å². The van der Waals surface area contributed by atoms with Gasteiger partial charge >= 0.3 is 0 Å². The van der Waals surface area contributed by atoms with Crippen molar-refractivity contribution in [1.82, 2.24) is 0 Å². The van der Waals surface area contributed by atoms with Crippen molar-refractivity contribution in [3.63, 3.8) is 0 Å². The number of fused-ring (bicyclic) bond motifs is 1. The number of methoxy groups -OCH3 is 1. The Hall–Kier alpha value is -2.59. The van der Waals surface area contributed by atoms with Gasteiger partial charge in [0.1, 0.15) is 5.75 Å². The summed E-state index contributed by atoms with van der Waals surface area (Å²) in [5.74, 6) is 0.437. The standard InChI is InChI=1S/C18H15NO2S/c1-21-18-13(7-8-17-14(18)9-10-22-17)16(20)11-15(19)12-5-3-2-4-6-12/h2-11H,19H2,1H3/b15-11-. The van der Waals surface area contributed by atoms with Crippen molar-refractivity contribution in [2.45, 2.75) is 0 Å². The zero-order valence-corrected chi connectivity index (χ0v) is 12.9. The van der Waals surface area contributed by atoms with Gasteiger partial charge in [0.2, 0.25) is 0 Å². The molecule has 0 amide bonds. The lowest BCUT2D eigenvalue weighted by Crippen LogP contribution is -2.04. The number of hydrogen-bond donors (Lipinski definition) is 1. The lowest BCUT2D eigenvalue weighted by atomic mass is 10.0. The summed E-state index contributed by atoms with van der Waals surface area (Å²) in [5, 5.41) is 2.93. The van der Waals surface area contributed by atoms with Crippen molar-refractivity contribution in [2.75, 3.05) is 7.11 Å². The summed E-state index contributed by atoms with van der Waals surface area (Å²) in [6, 6.07) is 15.1. The minimum atomic E-state index is -0.161. The van der Waals surface area contributed by atoms with E-state index >= 15 is 0 Å². The van der Waals surface area contributed by atoms with E-state index in [9.17, 15) is 4.79 Å². The molecule has 0 aliphatic heterocycles. The molecule has 0 fully saturated rings. The van der Waals surface area contributed by atoms with E-state index < -0.39 is 0 Å². The molecular formula is C18H15NO2S. The number of thiophene rings is 1. The highest BCUT2D eigenvalue weighted by atomic mass is 32.1. The zero-order chi connectivity index (χ0) is 15.5. The number of rotatable bonds is 4. The van der Waals surface area contributed by atoms with Gasteiger partial charge in [0, 0.05) is 21.9 Å². The summed E-state index contributed by atoms with van der Waals surface area (Å²) >= 11 is 1.62. The fraction of sp³-hybridized carbons (Fsp3) is 0.0556. The molecule has 0 atom stereocenters. The molecule has 2 N–H and O–H groups in total. The quantitative estimate of drug-likeness (QED) is 0.583. The lowest BCUT2D eigenvalue weighted by Gasteiger charge is -2.08. The highest BCUT2D eigenvalue weighted by Crippen LogP contribution is 2.33. The number of benzene rings is 2. The number of carbonyl (C=O) groups is 1. The Bertz CT molecular complexity index is 850. The van der Waals surface area contributed by atoms with Gasteiger partial charge < -0.3 is 10.5 Å². The molecule has 0 unspecified atom stereocenters. The van der Waals surface area contributed by atoms with Crippen LogP contribution in [0.4, 0.5) is 0 Å². The fourth-order valence-corrected chi connectivity index (χ4v) is 3.15. The molecular weight excluding hydrogens is 294 g/mol. The van der Waals surface area contributed by atoms with E-state index in [4.69, 9.17) is 10.5 Å². The highest BCUT2D eigenvalue weighted by Gasteiger charge is 2.14. The lowest BCUT2D eigenvalue weighted by molar-refractivity contribution is 0.104. The van der Waals surface area contributed by atoms with E-state index in [1.54, 1.807) is 24.5 Å². The molecule has 1 aromatic heterocycles. The second-order valence-electron chi connectivity index (χ2n) is 4.81. The number of nitrogens with two attached hydrogens (primary N) is 1. The first-order valence-corrected chi connectivity index (χ1v) is 7.70. The van der Waals surface area contributed by atoms with E-state index in [2.05, 4.69) is 0 Å². The van der Waals surface area contributed by atoms with Crippen molar-refractivity contribution in [1.29, 1.82) is 0 Å². The van der Waals surface area contributed by atoms with Crippen LogP contribution in [0.1, 0.15) is 15.9 Å². The predicted octanol–water partition coefficient (Wildman–Crippen LogP) is 4.09. The molecule has 1 heterocycles. The van der Waals surface area contributed by atoms with Gasteiger partial charge in [0.15, 0.2) is 5.78 Å². The van der Waals surface area contributed by atoms with Crippen molar-refractivity contribution in [2.24, 2.45) is 5.73 Å². The van der Waals surface area contributed by atoms with E-state index in [0.717, 1.165) is 15.6 Å². The van der Waals surface area contributed by atoms with Gasteiger partial charge in [-0.15, -0.1) is 11.3 Å². The van der Waals surface area contributed by atoms with Gasteiger partial charge in [0.05, 0.1) is 12.7 Å².